The maximum Gasteiger partial charge on any atom is 0.274 e. The number of nitriles is 1. The zero-order valence-corrected chi connectivity index (χ0v) is 10.5. The van der Waals surface area contributed by atoms with E-state index in [1.807, 2.05) is 12.1 Å². The second kappa shape index (κ2) is 4.66. The minimum absolute atomic E-state index is 0.0709. The smallest absolute Gasteiger partial charge is 0.216 e. The highest BCUT2D eigenvalue weighted by atomic mass is 32.2. The van der Waals surface area contributed by atoms with Gasteiger partial charge in [0.1, 0.15) is 0 Å². The summed E-state index contributed by atoms with van der Waals surface area (Å²) >= 11 is 1.66. The van der Waals surface area contributed by atoms with Crippen molar-refractivity contribution >= 4 is 22.0 Å². The van der Waals surface area contributed by atoms with Gasteiger partial charge in [0.2, 0.25) is 0 Å². The van der Waals surface area contributed by atoms with Crippen LogP contribution in [0.4, 0.5) is 0 Å². The molecule has 17 heavy (non-hydrogen) atoms. The number of thioether (sulfide) groups is 1. The topological polar surface area (TPSA) is 96.0 Å². The van der Waals surface area contributed by atoms with Crippen LogP contribution in [0.2, 0.25) is 0 Å². The molecule has 7 heteroatoms. The van der Waals surface area contributed by atoms with Crippen LogP contribution in [0, 0.1) is 11.3 Å². The van der Waals surface area contributed by atoms with E-state index in [0.29, 0.717) is 5.56 Å². The number of nitrogens with two attached hydrogens (primary N) is 1. The average molecular weight is 269 g/mol. The van der Waals surface area contributed by atoms with Gasteiger partial charge in [-0.25, -0.2) is 9.86 Å². The lowest BCUT2D eigenvalue weighted by atomic mass is 10.00. The number of nitrogens with zero attached hydrogens (tertiary/aromatic N) is 1. The molecule has 3 N–H and O–H groups in total. The Morgan fingerprint density at radius 1 is 1.59 bits per heavy atom. The molecule has 0 saturated heterocycles. The number of benzene rings is 1. The number of rotatable bonds is 3. The second-order valence-corrected chi connectivity index (χ2v) is 6.21. The Hall–Kier alpha value is -1.07. The van der Waals surface area contributed by atoms with Crippen molar-refractivity contribution in [2.45, 2.75) is 10.8 Å². The van der Waals surface area contributed by atoms with E-state index in [9.17, 15) is 8.42 Å². The second-order valence-electron chi connectivity index (χ2n) is 3.77. The zero-order chi connectivity index (χ0) is 12.5. The van der Waals surface area contributed by atoms with Crippen molar-refractivity contribution in [3.8, 4) is 6.07 Å². The predicted octanol–water partition coefficient (Wildman–Crippen LogP) is 0.541. The monoisotopic (exact) mass is 269 g/mol. The summed E-state index contributed by atoms with van der Waals surface area (Å²) in [6.45, 7) is 0.272. The van der Waals surface area contributed by atoms with Crippen LogP contribution in [0.5, 0.6) is 0 Å². The molecule has 0 spiro atoms. The van der Waals surface area contributed by atoms with E-state index >= 15 is 0 Å². The van der Waals surface area contributed by atoms with Gasteiger partial charge in [-0.05, 0) is 23.8 Å². The SMILES string of the molecule is N#Cc1ccc2c(c1)C(CNS(N)(=O)=O)CS2. The summed E-state index contributed by atoms with van der Waals surface area (Å²) in [6, 6.07) is 7.55. The Kier molecular flexibility index (Phi) is 3.40. The molecule has 1 atom stereocenters. The fraction of sp³-hybridized carbons (Fsp3) is 0.300. The summed E-state index contributed by atoms with van der Waals surface area (Å²) in [5.74, 6) is 0.869. The Morgan fingerprint density at radius 2 is 2.35 bits per heavy atom. The quantitative estimate of drug-likeness (QED) is 0.837. The fourth-order valence-electron chi connectivity index (χ4n) is 1.73. The Balaban J connectivity index is 2.19. The molecule has 90 valence electrons. The van der Waals surface area contributed by atoms with E-state index in [1.54, 1.807) is 17.8 Å². The van der Waals surface area contributed by atoms with Crippen LogP contribution in [0.3, 0.4) is 0 Å². The molecule has 0 aromatic heterocycles. The molecule has 1 aromatic rings. The van der Waals surface area contributed by atoms with Crippen LogP contribution < -0.4 is 9.86 Å². The lowest BCUT2D eigenvalue weighted by Crippen LogP contribution is -2.34. The van der Waals surface area contributed by atoms with Crippen molar-refractivity contribution in [3.05, 3.63) is 29.3 Å². The van der Waals surface area contributed by atoms with E-state index in [-0.39, 0.29) is 12.5 Å². The van der Waals surface area contributed by atoms with Gasteiger partial charge in [-0.2, -0.15) is 13.7 Å². The fourth-order valence-corrected chi connectivity index (χ4v) is 3.40. The highest BCUT2D eigenvalue weighted by Crippen LogP contribution is 2.39. The van der Waals surface area contributed by atoms with Crippen LogP contribution in [-0.2, 0) is 10.2 Å². The van der Waals surface area contributed by atoms with E-state index in [1.165, 1.54) is 0 Å². The maximum absolute atomic E-state index is 10.8. The molecule has 2 rings (SSSR count). The highest BCUT2D eigenvalue weighted by Gasteiger charge is 2.24. The van der Waals surface area contributed by atoms with Crippen LogP contribution in [-0.4, -0.2) is 20.7 Å². The molecule has 1 aliphatic heterocycles. The van der Waals surface area contributed by atoms with Gasteiger partial charge in [0.05, 0.1) is 11.6 Å². The van der Waals surface area contributed by atoms with Gasteiger partial charge in [-0.15, -0.1) is 11.8 Å². The summed E-state index contributed by atoms with van der Waals surface area (Å²) in [4.78, 5) is 1.10. The summed E-state index contributed by atoms with van der Waals surface area (Å²) in [5.41, 5.74) is 1.61. The normalized spacial score (nSPS) is 18.7. The minimum Gasteiger partial charge on any atom is -0.216 e. The van der Waals surface area contributed by atoms with Crippen molar-refractivity contribution in [1.82, 2.24) is 4.72 Å². The summed E-state index contributed by atoms with van der Waals surface area (Å²) in [5, 5.41) is 13.7. The van der Waals surface area contributed by atoms with E-state index < -0.39 is 10.2 Å². The van der Waals surface area contributed by atoms with Crippen molar-refractivity contribution in [1.29, 1.82) is 5.26 Å². The Labute approximate surface area is 104 Å². The molecule has 1 unspecified atom stereocenters. The lowest BCUT2D eigenvalue weighted by molar-refractivity contribution is 0.577. The third-order valence-corrected chi connectivity index (χ3v) is 4.37. The molecular formula is C10H11N3O2S2. The molecule has 0 bridgehead atoms. The molecule has 0 saturated carbocycles. The molecule has 0 aliphatic carbocycles. The Morgan fingerprint density at radius 3 is 3.00 bits per heavy atom. The van der Waals surface area contributed by atoms with Gasteiger partial charge in [-0.1, -0.05) is 0 Å². The van der Waals surface area contributed by atoms with Gasteiger partial charge < -0.3 is 0 Å². The summed E-state index contributed by atoms with van der Waals surface area (Å²) in [7, 11) is -3.65. The van der Waals surface area contributed by atoms with Crippen molar-refractivity contribution in [3.63, 3.8) is 0 Å². The minimum atomic E-state index is -3.65. The van der Waals surface area contributed by atoms with Gasteiger partial charge in [0.15, 0.2) is 0 Å². The first-order valence-electron chi connectivity index (χ1n) is 4.94. The van der Waals surface area contributed by atoms with Crippen LogP contribution in [0.1, 0.15) is 17.0 Å². The van der Waals surface area contributed by atoms with Gasteiger partial charge in [-0.3, -0.25) is 0 Å². The molecule has 1 aromatic carbocycles. The lowest BCUT2D eigenvalue weighted by Gasteiger charge is -2.10. The largest absolute Gasteiger partial charge is 0.274 e. The maximum atomic E-state index is 10.8. The number of hydrogen-bond acceptors (Lipinski definition) is 4. The van der Waals surface area contributed by atoms with Gasteiger partial charge in [0.25, 0.3) is 10.2 Å². The molecule has 0 fully saturated rings. The van der Waals surface area contributed by atoms with E-state index in [2.05, 4.69) is 10.8 Å². The highest BCUT2D eigenvalue weighted by molar-refractivity contribution is 7.99. The first-order chi connectivity index (χ1) is 7.99. The van der Waals surface area contributed by atoms with Crippen molar-refractivity contribution < 1.29 is 8.42 Å². The summed E-state index contributed by atoms with van der Waals surface area (Å²) in [6.07, 6.45) is 0. The standard InChI is InChI=1S/C10H11N3O2S2/c11-4-7-1-2-10-9(3-7)8(6-16-10)5-13-17(12,14)15/h1-3,8,13H,5-6H2,(H2,12,14,15). The van der Waals surface area contributed by atoms with Crippen LogP contribution in [0.15, 0.2) is 23.1 Å². The third kappa shape index (κ3) is 2.98. The first kappa shape index (κ1) is 12.4. The molecule has 0 amide bonds. The van der Waals surface area contributed by atoms with Gasteiger partial charge >= 0.3 is 0 Å². The Bertz CT molecular complexity index is 578. The molecule has 5 nitrogen and oxygen atoms in total. The average Bonchev–Trinajstić information content (AvgIpc) is 2.67. The van der Waals surface area contributed by atoms with Crippen molar-refractivity contribution in [2.24, 2.45) is 5.14 Å². The summed E-state index contributed by atoms with van der Waals surface area (Å²) < 4.78 is 24.0. The van der Waals surface area contributed by atoms with E-state index in [4.69, 9.17) is 10.4 Å². The predicted molar refractivity (Wildman–Crippen MR) is 65.7 cm³/mol. The molecule has 0 radical (unpaired) electrons. The molecular weight excluding hydrogens is 258 g/mol. The van der Waals surface area contributed by atoms with Crippen molar-refractivity contribution in [2.75, 3.05) is 12.3 Å². The molecule has 1 heterocycles. The third-order valence-electron chi connectivity index (χ3n) is 2.55. The number of nitrogens with one attached hydrogen (secondary N) is 1. The number of fused-ring (bicyclic) bond motifs is 1. The first-order valence-corrected chi connectivity index (χ1v) is 7.47. The van der Waals surface area contributed by atoms with Crippen LogP contribution >= 0.6 is 11.8 Å². The van der Waals surface area contributed by atoms with Crippen LogP contribution in [0.25, 0.3) is 0 Å². The molecule has 1 aliphatic rings. The van der Waals surface area contributed by atoms with Gasteiger partial charge in [0, 0.05) is 23.1 Å². The van der Waals surface area contributed by atoms with E-state index in [0.717, 1.165) is 16.2 Å². The zero-order valence-electron chi connectivity index (χ0n) is 8.88. The number of hydrogen-bond donors (Lipinski definition) is 2.